The molecule has 1 amide bonds. The van der Waals surface area contributed by atoms with E-state index in [1.165, 1.54) is 18.0 Å². The summed E-state index contributed by atoms with van der Waals surface area (Å²) < 4.78 is 38.9. The highest BCUT2D eigenvalue weighted by Gasteiger charge is 2.39. The number of carbonyl (C=O) groups is 1. The van der Waals surface area contributed by atoms with Crippen molar-refractivity contribution >= 4 is 17.7 Å². The number of hydrogen-bond acceptors (Lipinski definition) is 4. The van der Waals surface area contributed by atoms with E-state index in [1.54, 1.807) is 24.3 Å². The molecule has 0 spiro atoms. The predicted molar refractivity (Wildman–Crippen MR) is 87.3 cm³/mol. The average molecular weight is 371 g/mol. The second-order valence-corrected chi connectivity index (χ2v) is 6.93. The summed E-state index contributed by atoms with van der Waals surface area (Å²) in [4.78, 5) is 12.0. The Labute approximate surface area is 146 Å². The highest BCUT2D eigenvalue weighted by Crippen LogP contribution is 2.28. The number of thioether (sulfide) groups is 1. The van der Waals surface area contributed by atoms with E-state index in [1.807, 2.05) is 0 Å². The number of carbonyl (C=O) groups excluding carboxylic acids is 1. The first-order chi connectivity index (χ1) is 11.8. The number of amides is 1. The molecule has 1 fully saturated rings. The van der Waals surface area contributed by atoms with Gasteiger partial charge in [-0.15, -0.1) is 0 Å². The van der Waals surface area contributed by atoms with Crippen molar-refractivity contribution in [3.63, 3.8) is 0 Å². The van der Waals surface area contributed by atoms with E-state index in [9.17, 15) is 23.1 Å². The molecular weight excluding hydrogens is 355 g/mol. The molecule has 0 aliphatic carbocycles. The van der Waals surface area contributed by atoms with Gasteiger partial charge in [-0.1, -0.05) is 12.1 Å². The van der Waals surface area contributed by atoms with Gasteiger partial charge >= 0.3 is 6.18 Å². The lowest BCUT2D eigenvalue weighted by Crippen LogP contribution is -2.46. The van der Waals surface area contributed by atoms with E-state index in [0.29, 0.717) is 17.9 Å². The number of aromatic nitrogens is 2. The van der Waals surface area contributed by atoms with Crippen LogP contribution in [0, 0.1) is 0 Å². The minimum atomic E-state index is -4.48. The van der Waals surface area contributed by atoms with Crippen molar-refractivity contribution in [3.8, 4) is 5.69 Å². The van der Waals surface area contributed by atoms with Gasteiger partial charge in [-0.2, -0.15) is 30.0 Å². The zero-order valence-corrected chi connectivity index (χ0v) is 13.9. The molecule has 3 rings (SSSR count). The molecule has 1 aromatic carbocycles. The molecule has 2 heterocycles. The topological polar surface area (TPSA) is 67.2 Å². The Kier molecular flexibility index (Phi) is 4.79. The number of benzene rings is 1. The van der Waals surface area contributed by atoms with E-state index >= 15 is 0 Å². The Bertz CT molecular complexity index is 753. The lowest BCUT2D eigenvalue weighted by molar-refractivity contribution is -0.141. The lowest BCUT2D eigenvalue weighted by Gasteiger charge is -2.20. The average Bonchev–Trinajstić information content (AvgIpc) is 3.22. The monoisotopic (exact) mass is 371 g/mol. The van der Waals surface area contributed by atoms with Crippen LogP contribution in [-0.2, 0) is 17.5 Å². The molecule has 0 bridgehead atoms. The van der Waals surface area contributed by atoms with Crippen molar-refractivity contribution in [2.24, 2.45) is 0 Å². The van der Waals surface area contributed by atoms with Gasteiger partial charge in [0, 0.05) is 18.5 Å². The molecule has 1 aromatic heterocycles. The summed E-state index contributed by atoms with van der Waals surface area (Å²) in [5.74, 6) is 0.740. The number of nitrogens with one attached hydrogen (secondary N) is 1. The Morgan fingerprint density at radius 3 is 2.60 bits per heavy atom. The van der Waals surface area contributed by atoms with Gasteiger partial charge in [-0.3, -0.25) is 4.79 Å². The minimum absolute atomic E-state index is 0.235. The molecule has 0 saturated carbocycles. The number of alkyl halides is 3. The van der Waals surface area contributed by atoms with E-state index < -0.39 is 23.4 Å². The van der Waals surface area contributed by atoms with Gasteiger partial charge in [0.1, 0.15) is 0 Å². The number of nitrogens with zero attached hydrogens (tertiary/aromatic N) is 2. The summed E-state index contributed by atoms with van der Waals surface area (Å²) in [5.41, 5.74) is -1.01. The van der Waals surface area contributed by atoms with Crippen LogP contribution in [0.1, 0.15) is 17.7 Å². The highest BCUT2D eigenvalue weighted by atomic mass is 32.2. The fourth-order valence-corrected chi connectivity index (χ4v) is 3.71. The molecule has 1 unspecified atom stereocenters. The zero-order valence-electron chi connectivity index (χ0n) is 13.1. The molecule has 5 nitrogen and oxygen atoms in total. The van der Waals surface area contributed by atoms with Gasteiger partial charge in [0.05, 0.1) is 5.69 Å². The minimum Gasteiger partial charge on any atom is -0.379 e. The maximum absolute atomic E-state index is 12.6. The van der Waals surface area contributed by atoms with Crippen LogP contribution in [0.2, 0.25) is 0 Å². The summed E-state index contributed by atoms with van der Waals surface area (Å²) >= 11 is 1.53. The van der Waals surface area contributed by atoms with Gasteiger partial charge in [0.25, 0.3) is 5.91 Å². The third-order valence-corrected chi connectivity index (χ3v) is 5.13. The second kappa shape index (κ2) is 6.72. The van der Waals surface area contributed by atoms with E-state index in [4.69, 9.17) is 0 Å². The van der Waals surface area contributed by atoms with Crippen molar-refractivity contribution in [2.75, 3.05) is 11.5 Å². The molecule has 1 atom stereocenters. The van der Waals surface area contributed by atoms with E-state index in [0.717, 1.165) is 22.1 Å². The van der Waals surface area contributed by atoms with Crippen molar-refractivity contribution < 1.29 is 23.1 Å². The summed E-state index contributed by atoms with van der Waals surface area (Å²) in [6.07, 6.45) is -2.80. The highest BCUT2D eigenvalue weighted by molar-refractivity contribution is 7.99. The van der Waals surface area contributed by atoms with Crippen molar-refractivity contribution in [3.05, 3.63) is 47.8 Å². The fourth-order valence-electron chi connectivity index (χ4n) is 2.47. The van der Waals surface area contributed by atoms with E-state index in [2.05, 4.69) is 10.4 Å². The molecule has 1 aliphatic heterocycles. The molecule has 1 saturated heterocycles. The standard InChI is InChI=1S/C16H16F3N3O2S/c17-16(18,19)13-5-7-22(21-13)12-3-1-11(2-4-12)9-20-14(23)15(24)6-8-25-10-15/h1-5,7,24H,6,8-10H2,(H,20,23). The van der Waals surface area contributed by atoms with Crippen LogP contribution in [0.25, 0.3) is 5.69 Å². The van der Waals surface area contributed by atoms with Crippen LogP contribution in [0.5, 0.6) is 0 Å². The zero-order chi connectivity index (χ0) is 18.1. The van der Waals surface area contributed by atoms with Gasteiger partial charge in [-0.25, -0.2) is 4.68 Å². The van der Waals surface area contributed by atoms with Gasteiger partial charge in [0.2, 0.25) is 0 Å². The van der Waals surface area contributed by atoms with Crippen LogP contribution in [-0.4, -0.2) is 37.9 Å². The van der Waals surface area contributed by atoms with E-state index in [-0.39, 0.29) is 6.54 Å². The maximum atomic E-state index is 12.6. The molecule has 25 heavy (non-hydrogen) atoms. The quantitative estimate of drug-likeness (QED) is 0.866. The van der Waals surface area contributed by atoms with Gasteiger partial charge in [-0.05, 0) is 35.9 Å². The maximum Gasteiger partial charge on any atom is 0.435 e. The number of halogens is 3. The van der Waals surface area contributed by atoms with Crippen molar-refractivity contribution in [1.82, 2.24) is 15.1 Å². The van der Waals surface area contributed by atoms with Crippen molar-refractivity contribution in [1.29, 1.82) is 0 Å². The smallest absolute Gasteiger partial charge is 0.379 e. The Balaban J connectivity index is 1.62. The van der Waals surface area contributed by atoms with Crippen LogP contribution in [0.3, 0.4) is 0 Å². The Hall–Kier alpha value is -2.00. The molecule has 9 heteroatoms. The molecule has 2 N–H and O–H groups in total. The molecule has 134 valence electrons. The summed E-state index contributed by atoms with van der Waals surface area (Å²) in [6.45, 7) is 0.235. The first-order valence-electron chi connectivity index (χ1n) is 7.59. The first-order valence-corrected chi connectivity index (χ1v) is 8.74. The predicted octanol–water partition coefficient (Wildman–Crippen LogP) is 2.38. The normalized spacial score (nSPS) is 20.6. The molecule has 0 radical (unpaired) electrons. The largest absolute Gasteiger partial charge is 0.435 e. The summed E-state index contributed by atoms with van der Waals surface area (Å²) in [7, 11) is 0. The first kappa shape index (κ1) is 17.8. The summed E-state index contributed by atoms with van der Waals surface area (Å²) in [6, 6.07) is 7.54. The van der Waals surface area contributed by atoms with Crippen molar-refractivity contribution in [2.45, 2.75) is 24.7 Å². The summed E-state index contributed by atoms with van der Waals surface area (Å²) in [5, 5.41) is 16.4. The number of rotatable bonds is 4. The lowest BCUT2D eigenvalue weighted by atomic mass is 10.0. The Morgan fingerprint density at radius 2 is 2.04 bits per heavy atom. The third kappa shape index (κ3) is 3.98. The van der Waals surface area contributed by atoms with Crippen LogP contribution < -0.4 is 5.32 Å². The number of aliphatic hydroxyl groups is 1. The van der Waals surface area contributed by atoms with Crippen LogP contribution in [0.4, 0.5) is 13.2 Å². The van der Waals surface area contributed by atoms with Crippen LogP contribution in [0.15, 0.2) is 36.5 Å². The SMILES string of the molecule is O=C(NCc1ccc(-n2ccc(C(F)(F)F)n2)cc1)C1(O)CCSC1. The number of hydrogen-bond donors (Lipinski definition) is 2. The third-order valence-electron chi connectivity index (χ3n) is 3.96. The molecular formula is C16H16F3N3O2S. The fraction of sp³-hybridized carbons (Fsp3) is 0.375. The molecule has 1 aliphatic rings. The van der Waals surface area contributed by atoms with Crippen LogP contribution >= 0.6 is 11.8 Å². The second-order valence-electron chi connectivity index (χ2n) is 5.83. The van der Waals surface area contributed by atoms with Gasteiger partial charge < -0.3 is 10.4 Å². The molecule has 2 aromatic rings. The van der Waals surface area contributed by atoms with Gasteiger partial charge in [0.15, 0.2) is 11.3 Å². The Morgan fingerprint density at radius 1 is 1.32 bits per heavy atom.